The molecule has 22 heavy (non-hydrogen) atoms. The molecule has 116 valence electrons. The lowest BCUT2D eigenvalue weighted by molar-refractivity contribution is 0.102. The zero-order valence-corrected chi connectivity index (χ0v) is 13.9. The van der Waals surface area contributed by atoms with Crippen LogP contribution in [0, 0.1) is 6.92 Å². The summed E-state index contributed by atoms with van der Waals surface area (Å²) in [6.07, 6.45) is 0. The van der Waals surface area contributed by atoms with Gasteiger partial charge in [-0.3, -0.25) is 4.79 Å². The van der Waals surface area contributed by atoms with Gasteiger partial charge in [0.25, 0.3) is 5.91 Å². The van der Waals surface area contributed by atoms with Gasteiger partial charge in [-0.25, -0.2) is 0 Å². The van der Waals surface area contributed by atoms with Crippen molar-refractivity contribution in [3.63, 3.8) is 0 Å². The average molecular weight is 317 g/mol. The second kappa shape index (κ2) is 7.32. The molecular formula is C18H21ClN2O. The molecule has 0 bridgehead atoms. The van der Waals surface area contributed by atoms with Crippen LogP contribution in [-0.2, 0) is 0 Å². The van der Waals surface area contributed by atoms with Gasteiger partial charge in [-0.1, -0.05) is 17.7 Å². The van der Waals surface area contributed by atoms with Gasteiger partial charge in [-0.05, 0) is 62.7 Å². The number of hydrogen-bond acceptors (Lipinski definition) is 2. The van der Waals surface area contributed by atoms with Crippen LogP contribution in [0.2, 0.25) is 5.02 Å². The summed E-state index contributed by atoms with van der Waals surface area (Å²) in [5.41, 5.74) is 3.45. The Bertz CT molecular complexity index is 649. The van der Waals surface area contributed by atoms with Crippen molar-refractivity contribution in [2.75, 3.05) is 23.3 Å². The van der Waals surface area contributed by atoms with Gasteiger partial charge in [0.05, 0.1) is 0 Å². The van der Waals surface area contributed by atoms with Gasteiger partial charge in [-0.2, -0.15) is 0 Å². The molecule has 0 aliphatic heterocycles. The highest BCUT2D eigenvalue weighted by molar-refractivity contribution is 6.31. The molecule has 0 fully saturated rings. The fraction of sp³-hybridized carbons (Fsp3) is 0.278. The Morgan fingerprint density at radius 1 is 1.09 bits per heavy atom. The molecule has 4 heteroatoms. The molecule has 0 heterocycles. The minimum Gasteiger partial charge on any atom is -0.372 e. The largest absolute Gasteiger partial charge is 0.372 e. The lowest BCUT2D eigenvalue weighted by Gasteiger charge is -2.21. The Kier molecular flexibility index (Phi) is 5.45. The summed E-state index contributed by atoms with van der Waals surface area (Å²) < 4.78 is 0. The quantitative estimate of drug-likeness (QED) is 0.863. The Labute approximate surface area is 136 Å². The molecule has 0 atom stereocenters. The number of aryl methyl sites for hydroxylation is 1. The van der Waals surface area contributed by atoms with Gasteiger partial charge in [0, 0.05) is 35.1 Å². The van der Waals surface area contributed by atoms with Crippen molar-refractivity contribution in [3.05, 3.63) is 58.6 Å². The van der Waals surface area contributed by atoms with Crippen LogP contribution in [0.15, 0.2) is 42.5 Å². The van der Waals surface area contributed by atoms with E-state index in [0.717, 1.165) is 24.3 Å². The van der Waals surface area contributed by atoms with E-state index in [1.54, 1.807) is 6.07 Å². The maximum absolute atomic E-state index is 12.3. The number of halogens is 1. The van der Waals surface area contributed by atoms with E-state index in [4.69, 9.17) is 11.6 Å². The topological polar surface area (TPSA) is 32.3 Å². The fourth-order valence-corrected chi connectivity index (χ4v) is 2.47. The van der Waals surface area contributed by atoms with Crippen LogP contribution in [0.25, 0.3) is 0 Å². The first-order chi connectivity index (χ1) is 10.5. The van der Waals surface area contributed by atoms with Gasteiger partial charge >= 0.3 is 0 Å². The van der Waals surface area contributed by atoms with Crippen LogP contribution in [0.3, 0.4) is 0 Å². The Morgan fingerprint density at radius 3 is 2.27 bits per heavy atom. The maximum atomic E-state index is 12.3. The summed E-state index contributed by atoms with van der Waals surface area (Å²) in [6, 6.07) is 13.1. The van der Waals surface area contributed by atoms with Gasteiger partial charge in [0.2, 0.25) is 0 Å². The maximum Gasteiger partial charge on any atom is 0.255 e. The number of benzene rings is 2. The molecular weight excluding hydrogens is 296 g/mol. The number of hydrogen-bond donors (Lipinski definition) is 1. The second-order valence-corrected chi connectivity index (χ2v) is 5.54. The van der Waals surface area contributed by atoms with E-state index in [-0.39, 0.29) is 5.91 Å². The van der Waals surface area contributed by atoms with Crippen molar-refractivity contribution >= 4 is 28.9 Å². The molecule has 1 N–H and O–H groups in total. The molecule has 0 aromatic heterocycles. The van der Waals surface area contributed by atoms with Crippen LogP contribution in [0.5, 0.6) is 0 Å². The third kappa shape index (κ3) is 3.80. The number of rotatable bonds is 5. The zero-order chi connectivity index (χ0) is 16.1. The highest BCUT2D eigenvalue weighted by Crippen LogP contribution is 2.21. The fourth-order valence-electron chi connectivity index (χ4n) is 2.29. The molecule has 2 rings (SSSR count). The van der Waals surface area contributed by atoms with Gasteiger partial charge in [-0.15, -0.1) is 0 Å². The Balaban J connectivity index is 2.11. The van der Waals surface area contributed by atoms with Crippen molar-refractivity contribution in [1.82, 2.24) is 0 Å². The van der Waals surface area contributed by atoms with E-state index in [1.165, 1.54) is 0 Å². The standard InChI is InChI=1S/C18H21ClN2O/c1-4-21(5-2)16-10-7-14(8-11-16)18(22)20-15-9-6-13(3)17(19)12-15/h6-12H,4-5H2,1-3H3,(H,20,22). The van der Waals surface area contributed by atoms with Crippen molar-refractivity contribution in [2.45, 2.75) is 20.8 Å². The third-order valence-corrected chi connectivity index (χ3v) is 4.09. The molecule has 3 nitrogen and oxygen atoms in total. The van der Waals surface area contributed by atoms with E-state index in [9.17, 15) is 4.79 Å². The third-order valence-electron chi connectivity index (χ3n) is 3.69. The normalized spacial score (nSPS) is 10.4. The monoisotopic (exact) mass is 316 g/mol. The van der Waals surface area contributed by atoms with Crippen molar-refractivity contribution < 1.29 is 4.79 Å². The highest BCUT2D eigenvalue weighted by atomic mass is 35.5. The summed E-state index contributed by atoms with van der Waals surface area (Å²) in [5.74, 6) is -0.133. The van der Waals surface area contributed by atoms with Gasteiger partial charge in [0.1, 0.15) is 0 Å². The van der Waals surface area contributed by atoms with Crippen LogP contribution in [0.1, 0.15) is 29.8 Å². The highest BCUT2D eigenvalue weighted by Gasteiger charge is 2.08. The first kappa shape index (κ1) is 16.4. The van der Waals surface area contributed by atoms with Gasteiger partial charge in [0.15, 0.2) is 0 Å². The minimum atomic E-state index is -0.133. The minimum absolute atomic E-state index is 0.133. The molecule has 0 saturated carbocycles. The zero-order valence-electron chi connectivity index (χ0n) is 13.2. The molecule has 1 amide bonds. The van der Waals surface area contributed by atoms with E-state index in [1.807, 2.05) is 43.3 Å². The summed E-state index contributed by atoms with van der Waals surface area (Å²) >= 11 is 6.07. The van der Waals surface area contributed by atoms with Crippen molar-refractivity contribution in [3.8, 4) is 0 Å². The van der Waals surface area contributed by atoms with Crippen LogP contribution < -0.4 is 10.2 Å². The van der Waals surface area contributed by atoms with Crippen molar-refractivity contribution in [2.24, 2.45) is 0 Å². The molecule has 0 unspecified atom stereocenters. The second-order valence-electron chi connectivity index (χ2n) is 5.14. The molecule has 0 radical (unpaired) electrons. The Hall–Kier alpha value is -2.00. The summed E-state index contributed by atoms with van der Waals surface area (Å²) in [7, 11) is 0. The summed E-state index contributed by atoms with van der Waals surface area (Å²) in [6.45, 7) is 8.06. The first-order valence-corrected chi connectivity index (χ1v) is 7.85. The molecule has 2 aromatic rings. The lowest BCUT2D eigenvalue weighted by atomic mass is 10.1. The molecule has 0 aliphatic rings. The Morgan fingerprint density at radius 2 is 1.73 bits per heavy atom. The first-order valence-electron chi connectivity index (χ1n) is 7.47. The van der Waals surface area contributed by atoms with E-state index in [2.05, 4.69) is 24.1 Å². The smallest absolute Gasteiger partial charge is 0.255 e. The SMILES string of the molecule is CCN(CC)c1ccc(C(=O)Nc2ccc(C)c(Cl)c2)cc1. The number of amides is 1. The average Bonchev–Trinajstić information content (AvgIpc) is 2.53. The predicted molar refractivity (Wildman–Crippen MR) is 94.1 cm³/mol. The van der Waals surface area contributed by atoms with E-state index in [0.29, 0.717) is 16.3 Å². The number of nitrogens with one attached hydrogen (secondary N) is 1. The number of anilines is 2. The van der Waals surface area contributed by atoms with Gasteiger partial charge < -0.3 is 10.2 Å². The number of carbonyl (C=O) groups is 1. The molecule has 0 saturated heterocycles. The molecule has 0 spiro atoms. The van der Waals surface area contributed by atoms with Crippen LogP contribution in [0.4, 0.5) is 11.4 Å². The van der Waals surface area contributed by atoms with Crippen LogP contribution in [-0.4, -0.2) is 19.0 Å². The predicted octanol–water partition coefficient (Wildman–Crippen LogP) is 4.75. The lowest BCUT2D eigenvalue weighted by Crippen LogP contribution is -2.21. The summed E-state index contributed by atoms with van der Waals surface area (Å²) in [5, 5.41) is 3.51. The summed E-state index contributed by atoms with van der Waals surface area (Å²) in [4.78, 5) is 14.5. The van der Waals surface area contributed by atoms with Crippen LogP contribution >= 0.6 is 11.6 Å². The molecule has 2 aromatic carbocycles. The van der Waals surface area contributed by atoms with E-state index >= 15 is 0 Å². The number of nitrogens with zero attached hydrogens (tertiary/aromatic N) is 1. The van der Waals surface area contributed by atoms with E-state index < -0.39 is 0 Å². The van der Waals surface area contributed by atoms with Crippen molar-refractivity contribution in [1.29, 1.82) is 0 Å². The molecule has 0 aliphatic carbocycles. The number of carbonyl (C=O) groups excluding carboxylic acids is 1.